The van der Waals surface area contributed by atoms with Crippen LogP contribution in [-0.2, 0) is 28.7 Å². The number of fused-ring (bicyclic) bond motifs is 6. The Morgan fingerprint density at radius 2 is 1.05 bits per heavy atom. The first kappa shape index (κ1) is 42.4. The molecule has 7 aromatic rings. The Hall–Kier alpha value is -5.52. The summed E-state index contributed by atoms with van der Waals surface area (Å²) in [5.41, 5.74) is 23.2. The van der Waals surface area contributed by atoms with Gasteiger partial charge >= 0.3 is 0 Å². The van der Waals surface area contributed by atoms with Crippen LogP contribution >= 0.6 is 11.8 Å². The number of rotatable bonds is 3. The molecule has 6 aromatic carbocycles. The van der Waals surface area contributed by atoms with Crippen molar-refractivity contribution in [2.75, 3.05) is 9.80 Å². The zero-order valence-electron chi connectivity index (χ0n) is 40.5. The lowest BCUT2D eigenvalue weighted by Crippen LogP contribution is -2.62. The Labute approximate surface area is 387 Å². The summed E-state index contributed by atoms with van der Waals surface area (Å²) in [7, 11) is 2.19. The molecule has 0 radical (unpaired) electrons. The standard InChI is InChI=1S/C59H63BN3S/c1-36-17-15-16-18-44(36)47-26-19-37(35-61(47)14)38-29-50-54-51(30-38)63-49-28-23-41(58(8,9)10)33-52(49)64-53-34-42(59(11,12)13)32-46(55(53)63)60(54)45-31-40(57(5,6)7)22-27-48(45)62(50)43-24-20-39(21-25-43)56(2,3)4/h15-35H,1-14H3/q+1. The third kappa shape index (κ3) is 6.92. The normalized spacial score (nSPS) is 14.2. The molecule has 5 heteroatoms. The SMILES string of the molecule is Cc1ccccc1-c1ccc(-c2cc3c4c(c2)N2c5ccc(C(C)(C)C)cc5Sc5cc(C(C)(C)C)cc(c52)B4c2cc(C(C)(C)C)ccc2N3c2ccc(C(C)(C)C)cc2)c[n+]1C. The van der Waals surface area contributed by atoms with E-state index in [1.165, 1.54) is 111 Å². The molecule has 0 saturated carbocycles. The highest BCUT2D eigenvalue weighted by Crippen LogP contribution is 2.56. The van der Waals surface area contributed by atoms with Crippen LogP contribution in [0.5, 0.6) is 0 Å². The number of pyridine rings is 1. The molecule has 0 saturated heterocycles. The first-order valence-corrected chi connectivity index (χ1v) is 24.0. The summed E-state index contributed by atoms with van der Waals surface area (Å²) in [6.07, 6.45) is 2.33. The van der Waals surface area contributed by atoms with Gasteiger partial charge in [0.25, 0.3) is 6.71 Å². The van der Waals surface area contributed by atoms with Gasteiger partial charge in [-0.15, -0.1) is 0 Å². The largest absolute Gasteiger partial charge is 0.311 e. The van der Waals surface area contributed by atoms with Gasteiger partial charge < -0.3 is 9.80 Å². The van der Waals surface area contributed by atoms with E-state index in [4.69, 9.17) is 0 Å². The lowest BCUT2D eigenvalue weighted by Gasteiger charge is -2.47. The first-order chi connectivity index (χ1) is 30.1. The number of aryl methyl sites for hydroxylation is 2. The van der Waals surface area contributed by atoms with Gasteiger partial charge in [0.05, 0.1) is 11.4 Å². The molecule has 10 rings (SSSR count). The fraction of sp³-hybridized carbons (Fsp3) is 0.305. The molecule has 3 aliphatic heterocycles. The van der Waals surface area contributed by atoms with Gasteiger partial charge in [-0.25, -0.2) is 4.57 Å². The number of nitrogens with zero attached hydrogens (tertiary/aromatic N) is 3. The highest BCUT2D eigenvalue weighted by atomic mass is 32.2. The highest BCUT2D eigenvalue weighted by Gasteiger charge is 2.47. The minimum Gasteiger partial charge on any atom is -0.311 e. The van der Waals surface area contributed by atoms with Crippen molar-refractivity contribution >= 4 is 69.0 Å². The fourth-order valence-electron chi connectivity index (χ4n) is 10.2. The van der Waals surface area contributed by atoms with E-state index in [0.717, 1.165) is 0 Å². The molecule has 0 fully saturated rings. The molecule has 0 unspecified atom stereocenters. The molecular weight excluding hydrogens is 794 g/mol. The summed E-state index contributed by atoms with van der Waals surface area (Å²) < 4.78 is 2.31. The molecule has 0 bridgehead atoms. The van der Waals surface area contributed by atoms with Gasteiger partial charge in [0, 0.05) is 49.7 Å². The average molecular weight is 857 g/mol. The van der Waals surface area contributed by atoms with Crippen molar-refractivity contribution in [1.82, 2.24) is 0 Å². The maximum atomic E-state index is 2.65. The molecule has 3 nitrogen and oxygen atoms in total. The zero-order chi connectivity index (χ0) is 45.4. The van der Waals surface area contributed by atoms with Gasteiger partial charge in [-0.1, -0.05) is 149 Å². The number of benzene rings is 6. The van der Waals surface area contributed by atoms with Crippen molar-refractivity contribution < 1.29 is 4.57 Å². The van der Waals surface area contributed by atoms with Crippen molar-refractivity contribution in [2.24, 2.45) is 7.05 Å². The van der Waals surface area contributed by atoms with Crippen molar-refractivity contribution in [3.63, 3.8) is 0 Å². The van der Waals surface area contributed by atoms with Gasteiger partial charge in [-0.05, 0) is 139 Å². The third-order valence-corrected chi connectivity index (χ3v) is 15.1. The van der Waals surface area contributed by atoms with Crippen LogP contribution in [0.4, 0.5) is 34.1 Å². The van der Waals surface area contributed by atoms with Gasteiger partial charge in [0.2, 0.25) is 5.69 Å². The van der Waals surface area contributed by atoms with Gasteiger partial charge in [0.1, 0.15) is 7.05 Å². The topological polar surface area (TPSA) is 10.4 Å². The van der Waals surface area contributed by atoms with E-state index in [-0.39, 0.29) is 28.4 Å². The molecule has 322 valence electrons. The van der Waals surface area contributed by atoms with Crippen molar-refractivity contribution in [3.8, 4) is 22.4 Å². The number of anilines is 6. The molecule has 0 aliphatic carbocycles. The van der Waals surface area contributed by atoms with Gasteiger partial charge in [-0.2, -0.15) is 0 Å². The molecule has 0 spiro atoms. The van der Waals surface area contributed by atoms with Crippen LogP contribution in [0.25, 0.3) is 22.4 Å². The quantitative estimate of drug-likeness (QED) is 0.130. The average Bonchev–Trinajstić information content (AvgIpc) is 3.22. The minimum absolute atomic E-state index is 0.0197. The van der Waals surface area contributed by atoms with Crippen LogP contribution in [0.2, 0.25) is 0 Å². The smallest absolute Gasteiger partial charge is 0.252 e. The Balaban J connectivity index is 1.32. The summed E-state index contributed by atoms with van der Waals surface area (Å²) in [5.74, 6) is 0. The maximum absolute atomic E-state index is 2.65. The Bertz CT molecular complexity index is 3040. The Morgan fingerprint density at radius 3 is 1.67 bits per heavy atom. The van der Waals surface area contributed by atoms with Crippen LogP contribution in [-0.4, -0.2) is 6.71 Å². The molecule has 1 aromatic heterocycles. The maximum Gasteiger partial charge on any atom is 0.252 e. The summed E-state index contributed by atoms with van der Waals surface area (Å²) in [6.45, 7) is 30.3. The zero-order valence-corrected chi connectivity index (χ0v) is 41.3. The van der Waals surface area contributed by atoms with Gasteiger partial charge in [-0.3, -0.25) is 0 Å². The molecule has 0 atom stereocenters. The molecule has 4 heterocycles. The Kier molecular flexibility index (Phi) is 9.61. The van der Waals surface area contributed by atoms with E-state index in [1.807, 2.05) is 11.8 Å². The van der Waals surface area contributed by atoms with Crippen LogP contribution in [0.1, 0.15) is 111 Å². The lowest BCUT2D eigenvalue weighted by atomic mass is 9.33. The molecule has 0 N–H and O–H groups in total. The predicted molar refractivity (Wildman–Crippen MR) is 276 cm³/mol. The molecule has 3 aliphatic rings. The highest BCUT2D eigenvalue weighted by molar-refractivity contribution is 7.99. The summed E-state index contributed by atoms with van der Waals surface area (Å²) in [4.78, 5) is 7.87. The number of aromatic nitrogens is 1. The predicted octanol–water partition coefficient (Wildman–Crippen LogP) is 13.9. The van der Waals surface area contributed by atoms with Crippen molar-refractivity contribution in [2.45, 2.75) is 121 Å². The lowest BCUT2D eigenvalue weighted by molar-refractivity contribution is -0.659. The summed E-state index contributed by atoms with van der Waals surface area (Å²) in [5, 5.41) is 0. The van der Waals surface area contributed by atoms with Crippen LogP contribution in [0.3, 0.4) is 0 Å². The monoisotopic (exact) mass is 856 g/mol. The van der Waals surface area contributed by atoms with E-state index in [9.17, 15) is 0 Å². The number of hydrogen-bond donors (Lipinski definition) is 0. The first-order valence-electron chi connectivity index (χ1n) is 23.2. The fourth-order valence-corrected chi connectivity index (χ4v) is 11.3. The summed E-state index contributed by atoms with van der Waals surface area (Å²) >= 11 is 1.96. The van der Waals surface area contributed by atoms with Crippen LogP contribution < -0.4 is 30.8 Å². The Morgan fingerprint density at radius 1 is 0.484 bits per heavy atom. The third-order valence-electron chi connectivity index (χ3n) is 14.0. The van der Waals surface area contributed by atoms with Crippen molar-refractivity contribution in [1.29, 1.82) is 0 Å². The second kappa shape index (κ2) is 14.5. The van der Waals surface area contributed by atoms with Crippen LogP contribution in [0, 0.1) is 6.92 Å². The summed E-state index contributed by atoms with van der Waals surface area (Å²) in [6, 6.07) is 47.4. The molecular formula is C59H63BN3S+. The minimum atomic E-state index is -0.0387. The second-order valence-corrected chi connectivity index (χ2v) is 23.9. The molecule has 0 amide bonds. The van der Waals surface area contributed by atoms with Gasteiger partial charge in [0.15, 0.2) is 6.20 Å². The van der Waals surface area contributed by atoms with E-state index in [2.05, 4.69) is 239 Å². The van der Waals surface area contributed by atoms with Crippen molar-refractivity contribution in [3.05, 3.63) is 155 Å². The second-order valence-electron chi connectivity index (χ2n) is 22.8. The van der Waals surface area contributed by atoms with Crippen LogP contribution in [0.15, 0.2) is 137 Å². The van der Waals surface area contributed by atoms with E-state index < -0.39 is 0 Å². The van der Waals surface area contributed by atoms with E-state index >= 15 is 0 Å². The molecule has 64 heavy (non-hydrogen) atoms. The van der Waals surface area contributed by atoms with E-state index in [1.54, 1.807) is 0 Å². The van der Waals surface area contributed by atoms with E-state index in [0.29, 0.717) is 0 Å². The number of hydrogen-bond acceptors (Lipinski definition) is 3.